The maximum Gasteiger partial charge on any atom is 0.311 e. The fourth-order valence-electron chi connectivity index (χ4n) is 2.71. The average Bonchev–Trinajstić information content (AvgIpc) is 2.86. The van der Waals surface area contributed by atoms with Crippen molar-refractivity contribution in [1.29, 1.82) is 0 Å². The van der Waals surface area contributed by atoms with Crippen LogP contribution in [0.4, 0.5) is 11.5 Å². The molecule has 0 saturated carbocycles. The summed E-state index contributed by atoms with van der Waals surface area (Å²) in [7, 11) is 0. The predicted molar refractivity (Wildman–Crippen MR) is 89.7 cm³/mol. The monoisotopic (exact) mass is 329 g/mol. The maximum atomic E-state index is 10.9. The molecule has 0 spiro atoms. The van der Waals surface area contributed by atoms with Crippen LogP contribution in [0.3, 0.4) is 0 Å². The van der Waals surface area contributed by atoms with E-state index in [-0.39, 0.29) is 17.1 Å². The Balaban J connectivity index is 1.59. The zero-order valence-corrected chi connectivity index (χ0v) is 13.6. The number of aromatic nitrogens is 1. The molecule has 1 aliphatic heterocycles. The molecule has 0 aliphatic carbocycles. The Kier molecular flexibility index (Phi) is 4.24. The number of pyridine rings is 1. The summed E-state index contributed by atoms with van der Waals surface area (Å²) in [5.74, 6) is 1.71. The van der Waals surface area contributed by atoms with Gasteiger partial charge in [-0.1, -0.05) is 12.1 Å². The number of fused-ring (bicyclic) bond motifs is 1. The molecule has 1 aromatic carbocycles. The van der Waals surface area contributed by atoms with Crippen molar-refractivity contribution in [3.8, 4) is 11.5 Å². The number of ether oxygens (including phenoxy) is 2. The number of nitrogens with zero attached hydrogens (tertiary/aromatic N) is 2. The van der Waals surface area contributed by atoms with Gasteiger partial charge in [0.15, 0.2) is 11.5 Å². The Morgan fingerprint density at radius 3 is 3.00 bits per heavy atom. The quantitative estimate of drug-likeness (QED) is 0.497. The second kappa shape index (κ2) is 6.35. The van der Waals surface area contributed by atoms with Crippen molar-refractivity contribution in [1.82, 2.24) is 4.98 Å². The lowest BCUT2D eigenvalue weighted by molar-refractivity contribution is -0.384. The third kappa shape index (κ3) is 3.40. The van der Waals surface area contributed by atoms with E-state index in [0.29, 0.717) is 18.9 Å². The topological polar surface area (TPSA) is 86.5 Å². The van der Waals surface area contributed by atoms with Crippen molar-refractivity contribution in [2.24, 2.45) is 0 Å². The van der Waals surface area contributed by atoms with Crippen LogP contribution >= 0.6 is 0 Å². The lowest BCUT2D eigenvalue weighted by Crippen LogP contribution is -2.24. The predicted octanol–water partition coefficient (Wildman–Crippen LogP) is 3.19. The smallest absolute Gasteiger partial charge is 0.311 e. The summed E-state index contributed by atoms with van der Waals surface area (Å²) in [6.45, 7) is 4.82. The Morgan fingerprint density at radius 2 is 2.21 bits per heavy atom. The summed E-state index contributed by atoms with van der Waals surface area (Å²) in [5, 5.41) is 13.9. The Morgan fingerprint density at radius 1 is 1.38 bits per heavy atom. The molecule has 2 heterocycles. The van der Waals surface area contributed by atoms with Gasteiger partial charge in [-0.2, -0.15) is 0 Å². The molecular formula is C17H19N3O4. The van der Waals surface area contributed by atoms with Crippen LogP contribution in [-0.2, 0) is 6.42 Å². The summed E-state index contributed by atoms with van der Waals surface area (Å²) in [4.78, 5) is 14.5. The minimum Gasteiger partial charge on any atom is -0.488 e. The van der Waals surface area contributed by atoms with Crippen LogP contribution in [0.15, 0.2) is 36.5 Å². The number of hydrogen-bond donors (Lipinski definition) is 1. The molecule has 0 atom stereocenters. The normalized spacial score (nSPS) is 14.6. The fraction of sp³-hybridized carbons (Fsp3) is 0.353. The van der Waals surface area contributed by atoms with E-state index in [1.165, 1.54) is 18.3 Å². The molecule has 0 fully saturated rings. The Hall–Kier alpha value is -2.83. The van der Waals surface area contributed by atoms with Gasteiger partial charge >= 0.3 is 5.69 Å². The minimum atomic E-state index is -0.462. The lowest BCUT2D eigenvalue weighted by Gasteiger charge is -2.18. The molecule has 0 unspecified atom stereocenters. The first-order valence-corrected chi connectivity index (χ1v) is 7.73. The number of benzene rings is 1. The highest BCUT2D eigenvalue weighted by Crippen LogP contribution is 2.41. The van der Waals surface area contributed by atoms with E-state index in [1.807, 2.05) is 32.0 Å². The molecule has 1 aromatic heterocycles. The molecular weight excluding hydrogens is 310 g/mol. The molecule has 0 bridgehead atoms. The van der Waals surface area contributed by atoms with Gasteiger partial charge in [-0.3, -0.25) is 10.1 Å². The molecule has 1 N–H and O–H groups in total. The van der Waals surface area contributed by atoms with Crippen LogP contribution in [0, 0.1) is 10.1 Å². The molecule has 126 valence electrons. The van der Waals surface area contributed by atoms with Gasteiger partial charge in [0.1, 0.15) is 12.2 Å². The highest BCUT2D eigenvalue weighted by molar-refractivity contribution is 5.55. The van der Waals surface area contributed by atoms with E-state index in [0.717, 1.165) is 17.7 Å². The SMILES string of the molecule is CC1(C)Cc2cccc(OCCNc3ncccc3[N+](=O)[O-])c2O1. The molecule has 0 saturated heterocycles. The Labute approximate surface area is 139 Å². The molecule has 3 rings (SSSR count). The van der Waals surface area contributed by atoms with Crippen molar-refractivity contribution >= 4 is 11.5 Å². The van der Waals surface area contributed by atoms with Crippen LogP contribution in [0.5, 0.6) is 11.5 Å². The zero-order valence-electron chi connectivity index (χ0n) is 13.6. The number of anilines is 1. The van der Waals surface area contributed by atoms with Crippen molar-refractivity contribution in [2.45, 2.75) is 25.9 Å². The lowest BCUT2D eigenvalue weighted by atomic mass is 10.0. The third-order valence-electron chi connectivity index (χ3n) is 3.69. The molecule has 1 aliphatic rings. The van der Waals surface area contributed by atoms with Gasteiger partial charge in [-0.05, 0) is 26.0 Å². The molecule has 0 radical (unpaired) electrons. The van der Waals surface area contributed by atoms with Crippen LogP contribution < -0.4 is 14.8 Å². The molecule has 2 aromatic rings. The van der Waals surface area contributed by atoms with Crippen LogP contribution in [-0.4, -0.2) is 28.7 Å². The van der Waals surface area contributed by atoms with E-state index in [9.17, 15) is 10.1 Å². The Bertz CT molecular complexity index is 761. The average molecular weight is 329 g/mol. The van der Waals surface area contributed by atoms with E-state index in [4.69, 9.17) is 9.47 Å². The van der Waals surface area contributed by atoms with Gasteiger partial charge < -0.3 is 14.8 Å². The fourth-order valence-corrected chi connectivity index (χ4v) is 2.71. The van der Waals surface area contributed by atoms with Crippen molar-refractivity contribution in [3.05, 3.63) is 52.2 Å². The number of hydrogen-bond acceptors (Lipinski definition) is 6. The van der Waals surface area contributed by atoms with Crippen LogP contribution in [0.1, 0.15) is 19.4 Å². The number of rotatable bonds is 6. The van der Waals surface area contributed by atoms with Gasteiger partial charge in [-0.15, -0.1) is 0 Å². The zero-order chi connectivity index (χ0) is 17.2. The summed E-state index contributed by atoms with van der Waals surface area (Å²) < 4.78 is 11.7. The number of nitrogens with one attached hydrogen (secondary N) is 1. The molecule has 7 heteroatoms. The second-order valence-corrected chi connectivity index (χ2v) is 6.19. The second-order valence-electron chi connectivity index (χ2n) is 6.19. The first-order valence-electron chi connectivity index (χ1n) is 7.73. The van der Waals surface area contributed by atoms with Crippen LogP contribution in [0.2, 0.25) is 0 Å². The summed E-state index contributed by atoms with van der Waals surface area (Å²) in [6.07, 6.45) is 2.36. The minimum absolute atomic E-state index is 0.0526. The van der Waals surface area contributed by atoms with Gasteiger partial charge in [0.25, 0.3) is 0 Å². The highest BCUT2D eigenvalue weighted by atomic mass is 16.6. The molecule has 0 amide bonds. The van der Waals surface area contributed by atoms with Crippen molar-refractivity contribution < 1.29 is 14.4 Å². The summed E-state index contributed by atoms with van der Waals surface area (Å²) >= 11 is 0. The van der Waals surface area contributed by atoms with E-state index >= 15 is 0 Å². The van der Waals surface area contributed by atoms with Gasteiger partial charge in [0.2, 0.25) is 5.82 Å². The first kappa shape index (κ1) is 16.0. The van der Waals surface area contributed by atoms with Gasteiger partial charge in [0, 0.05) is 24.2 Å². The van der Waals surface area contributed by atoms with E-state index < -0.39 is 4.92 Å². The van der Waals surface area contributed by atoms with E-state index in [2.05, 4.69) is 10.3 Å². The van der Waals surface area contributed by atoms with Gasteiger partial charge in [0.05, 0.1) is 11.5 Å². The first-order chi connectivity index (χ1) is 11.5. The van der Waals surface area contributed by atoms with Crippen molar-refractivity contribution in [3.63, 3.8) is 0 Å². The third-order valence-corrected chi connectivity index (χ3v) is 3.69. The summed E-state index contributed by atoms with van der Waals surface area (Å²) in [5.41, 5.74) is 0.850. The van der Waals surface area contributed by atoms with Gasteiger partial charge in [-0.25, -0.2) is 4.98 Å². The largest absolute Gasteiger partial charge is 0.488 e. The summed E-state index contributed by atoms with van der Waals surface area (Å²) in [6, 6.07) is 8.79. The maximum absolute atomic E-state index is 10.9. The van der Waals surface area contributed by atoms with Crippen LogP contribution in [0.25, 0.3) is 0 Å². The highest BCUT2D eigenvalue weighted by Gasteiger charge is 2.32. The standard InChI is InChI=1S/C17H19N3O4/c1-17(2)11-12-5-3-7-14(15(12)24-17)23-10-9-19-16-13(20(21)22)6-4-8-18-16/h3-8H,9-11H2,1-2H3,(H,18,19). The van der Waals surface area contributed by atoms with E-state index in [1.54, 1.807) is 0 Å². The number of nitro groups is 1. The number of para-hydroxylation sites is 1. The molecule has 24 heavy (non-hydrogen) atoms. The molecule has 7 nitrogen and oxygen atoms in total. The van der Waals surface area contributed by atoms with Crippen molar-refractivity contribution in [2.75, 3.05) is 18.5 Å².